The molecule has 1 aliphatic carbocycles. The van der Waals surface area contributed by atoms with E-state index in [9.17, 15) is 18.0 Å². The molecule has 1 saturated carbocycles. The number of sulfonamides is 1. The largest absolute Gasteiger partial charge is 0.451 e. The van der Waals surface area contributed by atoms with Gasteiger partial charge in [-0.15, -0.1) is 0 Å². The fourth-order valence-electron chi connectivity index (χ4n) is 3.93. The summed E-state index contributed by atoms with van der Waals surface area (Å²) < 4.78 is 32.9. The second-order valence-electron chi connectivity index (χ2n) is 7.76. The maximum atomic E-state index is 12.9. The van der Waals surface area contributed by atoms with Crippen molar-refractivity contribution < 1.29 is 17.6 Å². The van der Waals surface area contributed by atoms with Crippen LogP contribution in [0.3, 0.4) is 0 Å². The van der Waals surface area contributed by atoms with Gasteiger partial charge in [0, 0.05) is 24.8 Å². The van der Waals surface area contributed by atoms with E-state index < -0.39 is 15.9 Å². The first-order valence-electron chi connectivity index (χ1n) is 10.3. The summed E-state index contributed by atoms with van der Waals surface area (Å²) in [7, 11) is -1.98. The highest BCUT2D eigenvalue weighted by molar-refractivity contribution is 7.89. The number of anilines is 1. The zero-order valence-corrected chi connectivity index (χ0v) is 18.0. The minimum Gasteiger partial charge on any atom is -0.451 e. The van der Waals surface area contributed by atoms with Crippen LogP contribution in [0.2, 0.25) is 0 Å². The van der Waals surface area contributed by atoms with Gasteiger partial charge in [-0.2, -0.15) is 4.31 Å². The van der Waals surface area contributed by atoms with Gasteiger partial charge in [-0.3, -0.25) is 9.59 Å². The fourth-order valence-corrected chi connectivity index (χ4v) is 5.34. The number of para-hydroxylation sites is 1. The lowest BCUT2D eigenvalue weighted by Crippen LogP contribution is -2.38. The van der Waals surface area contributed by atoms with Crippen LogP contribution >= 0.6 is 0 Å². The van der Waals surface area contributed by atoms with Gasteiger partial charge in [0.2, 0.25) is 10.0 Å². The van der Waals surface area contributed by atoms with Gasteiger partial charge in [0.25, 0.3) is 5.91 Å². The van der Waals surface area contributed by atoms with Gasteiger partial charge in [-0.05, 0) is 49.2 Å². The Labute approximate surface area is 180 Å². The van der Waals surface area contributed by atoms with Crippen LogP contribution in [-0.2, 0) is 10.0 Å². The van der Waals surface area contributed by atoms with Crippen molar-refractivity contribution >= 4 is 32.6 Å². The molecule has 1 heterocycles. The number of amides is 1. The summed E-state index contributed by atoms with van der Waals surface area (Å²) in [5.41, 5.74) is 0.423. The van der Waals surface area contributed by atoms with E-state index in [2.05, 4.69) is 5.32 Å². The summed E-state index contributed by atoms with van der Waals surface area (Å²) in [4.78, 5) is 24.9. The third-order valence-electron chi connectivity index (χ3n) is 5.74. The maximum Gasteiger partial charge on any atom is 0.291 e. The van der Waals surface area contributed by atoms with Crippen molar-refractivity contribution in [2.45, 2.75) is 43.0 Å². The van der Waals surface area contributed by atoms with E-state index in [-0.39, 0.29) is 22.1 Å². The highest BCUT2D eigenvalue weighted by atomic mass is 32.2. The molecular weight excluding hydrogens is 416 g/mol. The molecule has 0 atom stereocenters. The lowest BCUT2D eigenvalue weighted by Gasteiger charge is -2.30. The van der Waals surface area contributed by atoms with Gasteiger partial charge in [0.05, 0.1) is 10.3 Å². The van der Waals surface area contributed by atoms with Crippen molar-refractivity contribution in [3.8, 4) is 0 Å². The molecule has 0 bridgehead atoms. The molecule has 1 aliphatic rings. The zero-order valence-electron chi connectivity index (χ0n) is 17.2. The number of carbonyl (C=O) groups excluding carboxylic acids is 1. The summed E-state index contributed by atoms with van der Waals surface area (Å²) in [5.74, 6) is -0.699. The SMILES string of the molecule is CN(C1CCCCC1)S(=O)(=O)c1ccc(NC(=O)c2cc(=O)c3ccccc3o2)cc1. The number of hydrogen-bond acceptors (Lipinski definition) is 5. The molecule has 162 valence electrons. The van der Waals surface area contributed by atoms with E-state index in [1.807, 2.05) is 0 Å². The summed E-state index contributed by atoms with van der Waals surface area (Å²) in [5, 5.41) is 3.04. The number of carbonyl (C=O) groups is 1. The van der Waals surface area contributed by atoms with Gasteiger partial charge < -0.3 is 9.73 Å². The first-order valence-corrected chi connectivity index (χ1v) is 11.7. The minimum atomic E-state index is -3.61. The smallest absolute Gasteiger partial charge is 0.291 e. The number of hydrogen-bond donors (Lipinski definition) is 1. The van der Waals surface area contributed by atoms with Crippen molar-refractivity contribution in [1.29, 1.82) is 0 Å². The van der Waals surface area contributed by atoms with E-state index in [4.69, 9.17) is 4.42 Å². The van der Waals surface area contributed by atoms with Gasteiger partial charge in [-0.25, -0.2) is 8.42 Å². The van der Waals surface area contributed by atoms with E-state index >= 15 is 0 Å². The van der Waals surface area contributed by atoms with Crippen LogP contribution in [0.1, 0.15) is 42.7 Å². The summed E-state index contributed by atoms with van der Waals surface area (Å²) in [6.45, 7) is 0. The molecule has 8 heteroatoms. The molecule has 31 heavy (non-hydrogen) atoms. The van der Waals surface area contributed by atoms with Gasteiger partial charge >= 0.3 is 0 Å². The Bertz CT molecular complexity index is 1260. The van der Waals surface area contributed by atoms with Crippen LogP contribution in [0.4, 0.5) is 5.69 Å². The standard InChI is InChI=1S/C23H24N2O5S/c1-25(17-7-3-2-4-8-17)31(28,29)18-13-11-16(12-14-18)24-23(27)22-15-20(26)19-9-5-6-10-21(19)30-22/h5-6,9-15,17H,2-4,7-8H2,1H3,(H,24,27). The molecule has 0 unspecified atom stereocenters. The van der Waals surface area contributed by atoms with E-state index in [0.29, 0.717) is 16.7 Å². The van der Waals surface area contributed by atoms with Crippen LogP contribution in [0.15, 0.2) is 68.7 Å². The van der Waals surface area contributed by atoms with Crippen LogP contribution in [0, 0.1) is 0 Å². The minimum absolute atomic E-state index is 0.0222. The molecule has 7 nitrogen and oxygen atoms in total. The van der Waals surface area contributed by atoms with E-state index in [1.54, 1.807) is 31.3 Å². The number of fused-ring (bicyclic) bond motifs is 1. The third kappa shape index (κ3) is 4.40. The predicted octanol–water partition coefficient (Wildman–Crippen LogP) is 4.00. The quantitative estimate of drug-likeness (QED) is 0.647. The predicted molar refractivity (Wildman–Crippen MR) is 119 cm³/mol. The Hall–Kier alpha value is -2.97. The Kier molecular flexibility index (Phi) is 5.93. The molecule has 0 radical (unpaired) electrons. The van der Waals surface area contributed by atoms with Crippen molar-refractivity contribution in [2.24, 2.45) is 0 Å². The molecule has 0 spiro atoms. The Morgan fingerprint density at radius 2 is 1.71 bits per heavy atom. The molecule has 3 aromatic rings. The topological polar surface area (TPSA) is 96.7 Å². The Morgan fingerprint density at radius 1 is 1.03 bits per heavy atom. The molecule has 2 aromatic carbocycles. The second kappa shape index (κ2) is 8.64. The highest BCUT2D eigenvalue weighted by Crippen LogP contribution is 2.27. The van der Waals surface area contributed by atoms with E-state index in [0.717, 1.165) is 38.2 Å². The lowest BCUT2D eigenvalue weighted by molar-refractivity contribution is 0.0997. The average Bonchev–Trinajstić information content (AvgIpc) is 2.79. The van der Waals surface area contributed by atoms with Crippen molar-refractivity contribution in [1.82, 2.24) is 4.31 Å². The normalized spacial score (nSPS) is 15.3. The van der Waals surface area contributed by atoms with Gasteiger partial charge in [0.1, 0.15) is 5.58 Å². The van der Waals surface area contributed by atoms with Gasteiger partial charge in [-0.1, -0.05) is 31.4 Å². The zero-order chi connectivity index (χ0) is 22.0. The monoisotopic (exact) mass is 440 g/mol. The van der Waals surface area contributed by atoms with E-state index in [1.165, 1.54) is 28.6 Å². The van der Waals surface area contributed by atoms with Crippen molar-refractivity contribution in [2.75, 3.05) is 12.4 Å². The number of nitrogens with one attached hydrogen (secondary N) is 1. The van der Waals surface area contributed by atoms with Crippen LogP contribution < -0.4 is 10.7 Å². The molecule has 0 saturated heterocycles. The highest BCUT2D eigenvalue weighted by Gasteiger charge is 2.29. The number of rotatable bonds is 5. The molecule has 1 aromatic heterocycles. The third-order valence-corrected chi connectivity index (χ3v) is 7.66. The lowest BCUT2D eigenvalue weighted by atomic mass is 9.96. The fraction of sp³-hybridized carbons (Fsp3) is 0.304. The van der Waals surface area contributed by atoms with Crippen molar-refractivity contribution in [3.63, 3.8) is 0 Å². The molecule has 1 fully saturated rings. The molecule has 1 amide bonds. The van der Waals surface area contributed by atoms with Crippen LogP contribution in [-0.4, -0.2) is 31.7 Å². The second-order valence-corrected chi connectivity index (χ2v) is 9.76. The Balaban J connectivity index is 1.51. The van der Waals surface area contributed by atoms with Crippen LogP contribution in [0.25, 0.3) is 11.0 Å². The molecular formula is C23H24N2O5S. The van der Waals surface area contributed by atoms with Crippen LogP contribution in [0.5, 0.6) is 0 Å². The molecule has 1 N–H and O–H groups in total. The number of benzene rings is 2. The maximum absolute atomic E-state index is 12.9. The first-order chi connectivity index (χ1) is 14.9. The summed E-state index contributed by atoms with van der Waals surface area (Å²) >= 11 is 0. The van der Waals surface area contributed by atoms with Crippen molar-refractivity contribution in [3.05, 3.63) is 70.6 Å². The summed E-state index contributed by atoms with van der Waals surface area (Å²) in [6.07, 6.45) is 4.98. The number of nitrogens with zero attached hydrogens (tertiary/aromatic N) is 1. The first kappa shape index (κ1) is 21.3. The molecule has 0 aliphatic heterocycles. The Morgan fingerprint density at radius 3 is 2.42 bits per heavy atom. The summed E-state index contributed by atoms with van der Waals surface area (Å²) in [6, 6.07) is 13.9. The van der Waals surface area contributed by atoms with Gasteiger partial charge in [0.15, 0.2) is 11.2 Å². The average molecular weight is 441 g/mol. The molecule has 4 rings (SSSR count).